The SMILES string of the molecule is C#N.COc1cc(-c2cc3c(s2)c(=O)n(-c2cncc4ccccc24)c(=O)n3C2CCC2)c(Cl)cc1F. The van der Waals surface area contributed by atoms with Crippen LogP contribution in [0.3, 0.4) is 0 Å². The number of pyridine rings is 1. The first-order valence-corrected chi connectivity index (χ1v) is 12.6. The molecule has 0 radical (unpaired) electrons. The summed E-state index contributed by atoms with van der Waals surface area (Å²) in [6.45, 7) is 3.50. The largest absolute Gasteiger partial charge is 0.494 e. The van der Waals surface area contributed by atoms with E-state index >= 15 is 0 Å². The molecule has 0 spiro atoms. The average molecular weight is 535 g/mol. The zero-order valence-electron chi connectivity index (χ0n) is 19.6. The highest BCUT2D eigenvalue weighted by molar-refractivity contribution is 7.22. The smallest absolute Gasteiger partial charge is 0.336 e. The predicted octanol–water partition coefficient (Wildman–Crippen LogP) is 6.09. The lowest BCUT2D eigenvalue weighted by molar-refractivity contribution is 0.309. The summed E-state index contributed by atoms with van der Waals surface area (Å²) in [7, 11) is 1.38. The van der Waals surface area contributed by atoms with E-state index in [1.54, 1.807) is 23.0 Å². The van der Waals surface area contributed by atoms with Crippen molar-refractivity contribution in [3.8, 4) is 28.4 Å². The maximum Gasteiger partial charge on any atom is 0.336 e. The van der Waals surface area contributed by atoms with E-state index in [2.05, 4.69) is 11.6 Å². The van der Waals surface area contributed by atoms with Crippen LogP contribution >= 0.6 is 22.9 Å². The van der Waals surface area contributed by atoms with Gasteiger partial charge < -0.3 is 4.74 Å². The van der Waals surface area contributed by atoms with Gasteiger partial charge in [-0.3, -0.25) is 14.3 Å². The second kappa shape index (κ2) is 9.81. The molecule has 1 aliphatic carbocycles. The average Bonchev–Trinajstić information content (AvgIpc) is 3.32. The number of hydrogen-bond acceptors (Lipinski definition) is 6. The molecule has 0 bridgehead atoms. The van der Waals surface area contributed by atoms with Gasteiger partial charge in [-0.2, -0.15) is 0 Å². The Morgan fingerprint density at radius 2 is 1.92 bits per heavy atom. The molecule has 186 valence electrons. The fourth-order valence-corrected chi connectivity index (χ4v) is 6.03. The molecule has 0 N–H and O–H groups in total. The molecule has 2 aromatic carbocycles. The van der Waals surface area contributed by atoms with Crippen LogP contribution in [0, 0.1) is 17.7 Å². The van der Waals surface area contributed by atoms with Crippen molar-refractivity contribution in [1.82, 2.24) is 14.1 Å². The molecule has 3 aromatic heterocycles. The number of hydrogen-bond donors (Lipinski definition) is 0. The van der Waals surface area contributed by atoms with E-state index in [0.717, 1.165) is 30.0 Å². The number of aromatic nitrogens is 3. The molecule has 0 aliphatic heterocycles. The number of fused-ring (bicyclic) bond motifs is 2. The van der Waals surface area contributed by atoms with Crippen LogP contribution in [0.5, 0.6) is 5.75 Å². The highest BCUT2D eigenvalue weighted by Crippen LogP contribution is 2.41. The van der Waals surface area contributed by atoms with E-state index < -0.39 is 17.1 Å². The zero-order chi connectivity index (χ0) is 26.3. The molecule has 0 saturated heterocycles. The summed E-state index contributed by atoms with van der Waals surface area (Å²) in [6.07, 6.45) is 6.00. The van der Waals surface area contributed by atoms with Crippen molar-refractivity contribution in [2.75, 3.05) is 7.11 Å². The zero-order valence-corrected chi connectivity index (χ0v) is 21.2. The van der Waals surface area contributed by atoms with Crippen molar-refractivity contribution >= 4 is 43.9 Å². The third-order valence-corrected chi connectivity index (χ3v) is 8.06. The summed E-state index contributed by atoms with van der Waals surface area (Å²) in [4.78, 5) is 32.6. The van der Waals surface area contributed by atoms with Crippen molar-refractivity contribution in [2.45, 2.75) is 25.3 Å². The van der Waals surface area contributed by atoms with Gasteiger partial charge in [0.15, 0.2) is 11.6 Å². The monoisotopic (exact) mass is 534 g/mol. The first-order valence-electron chi connectivity index (χ1n) is 11.4. The van der Waals surface area contributed by atoms with Gasteiger partial charge in [0, 0.05) is 40.0 Å². The van der Waals surface area contributed by atoms with E-state index in [1.165, 1.54) is 35.1 Å². The molecule has 0 atom stereocenters. The minimum absolute atomic E-state index is 0.000427. The lowest BCUT2D eigenvalue weighted by atomic mass is 9.92. The van der Waals surface area contributed by atoms with E-state index in [-0.39, 0.29) is 16.8 Å². The molecule has 10 heteroatoms. The summed E-state index contributed by atoms with van der Waals surface area (Å²) in [6, 6.07) is 12.0. The van der Waals surface area contributed by atoms with E-state index in [1.807, 2.05) is 24.3 Å². The van der Waals surface area contributed by atoms with Crippen LogP contribution in [0.1, 0.15) is 25.3 Å². The van der Waals surface area contributed by atoms with Crippen LogP contribution in [-0.2, 0) is 0 Å². The Labute approximate surface area is 219 Å². The Morgan fingerprint density at radius 1 is 1.16 bits per heavy atom. The quantitative estimate of drug-likeness (QED) is 0.278. The van der Waals surface area contributed by atoms with Gasteiger partial charge in [0.05, 0.1) is 29.5 Å². The molecule has 0 amide bonds. The van der Waals surface area contributed by atoms with Crippen molar-refractivity contribution in [1.29, 1.82) is 5.26 Å². The van der Waals surface area contributed by atoms with Crippen LogP contribution < -0.4 is 16.0 Å². The second-order valence-corrected chi connectivity index (χ2v) is 10.0. The summed E-state index contributed by atoms with van der Waals surface area (Å²) in [5, 5.41) is 8.30. The number of benzene rings is 2. The van der Waals surface area contributed by atoms with E-state index in [4.69, 9.17) is 21.6 Å². The third-order valence-electron chi connectivity index (χ3n) is 6.60. The molecule has 0 unspecified atom stereocenters. The summed E-state index contributed by atoms with van der Waals surface area (Å²) >= 11 is 7.61. The maximum absolute atomic E-state index is 14.1. The van der Waals surface area contributed by atoms with Crippen molar-refractivity contribution in [3.05, 3.63) is 86.5 Å². The van der Waals surface area contributed by atoms with Crippen LogP contribution in [0.25, 0.3) is 37.1 Å². The van der Waals surface area contributed by atoms with Gasteiger partial charge in [-0.15, -0.1) is 11.3 Å². The number of halogens is 2. The molecular weight excluding hydrogens is 515 g/mol. The molecular formula is C27H20ClFN4O3S. The van der Waals surface area contributed by atoms with Gasteiger partial charge in [0.1, 0.15) is 4.70 Å². The number of thiophene rings is 1. The van der Waals surface area contributed by atoms with Gasteiger partial charge in [-0.25, -0.2) is 19.0 Å². The Bertz CT molecular complexity index is 1800. The molecule has 6 rings (SSSR count). The van der Waals surface area contributed by atoms with Crippen molar-refractivity contribution in [2.24, 2.45) is 0 Å². The molecule has 1 aliphatic rings. The minimum Gasteiger partial charge on any atom is -0.494 e. The van der Waals surface area contributed by atoms with Crippen LogP contribution in [-0.4, -0.2) is 21.2 Å². The molecule has 37 heavy (non-hydrogen) atoms. The summed E-state index contributed by atoms with van der Waals surface area (Å²) < 4.78 is 22.7. The van der Waals surface area contributed by atoms with Gasteiger partial charge in [0.2, 0.25) is 0 Å². The fraction of sp³-hybridized carbons (Fsp3) is 0.185. The summed E-state index contributed by atoms with van der Waals surface area (Å²) in [5.74, 6) is -0.517. The van der Waals surface area contributed by atoms with E-state index in [9.17, 15) is 14.0 Å². The lowest BCUT2D eigenvalue weighted by Gasteiger charge is -2.28. The molecule has 5 aromatic rings. The molecule has 1 saturated carbocycles. The number of methoxy groups -OCH3 is 1. The first kappa shape index (κ1) is 24.7. The molecule has 1 fully saturated rings. The Hall–Kier alpha value is -4.00. The highest BCUT2D eigenvalue weighted by Gasteiger charge is 2.27. The minimum atomic E-state index is -0.570. The molecule has 3 heterocycles. The fourth-order valence-electron chi connectivity index (χ4n) is 4.61. The maximum atomic E-state index is 14.1. The molecule has 7 nitrogen and oxygen atoms in total. The van der Waals surface area contributed by atoms with Crippen LogP contribution in [0.2, 0.25) is 5.02 Å². The number of rotatable bonds is 4. The highest BCUT2D eigenvalue weighted by atomic mass is 35.5. The van der Waals surface area contributed by atoms with Gasteiger partial charge in [0.25, 0.3) is 5.56 Å². The van der Waals surface area contributed by atoms with Gasteiger partial charge >= 0.3 is 5.69 Å². The van der Waals surface area contributed by atoms with Gasteiger partial charge in [-0.1, -0.05) is 35.9 Å². The first-order chi connectivity index (χ1) is 18.0. The van der Waals surface area contributed by atoms with Gasteiger partial charge in [-0.05, 0) is 37.5 Å². The predicted molar refractivity (Wildman–Crippen MR) is 143 cm³/mol. The van der Waals surface area contributed by atoms with Crippen LogP contribution in [0.15, 0.2) is 64.4 Å². The topological polar surface area (TPSA) is 89.9 Å². The third kappa shape index (κ3) is 3.99. The van der Waals surface area contributed by atoms with Crippen LogP contribution in [0.4, 0.5) is 4.39 Å². The number of ether oxygens (including phenoxy) is 1. The van der Waals surface area contributed by atoms with Crippen molar-refractivity contribution < 1.29 is 9.13 Å². The second-order valence-electron chi connectivity index (χ2n) is 8.55. The normalized spacial score (nSPS) is 13.2. The Balaban J connectivity index is 0.00000137. The number of nitrogens with zero attached hydrogens (tertiary/aromatic N) is 4. The Kier molecular flexibility index (Phi) is 6.54. The van der Waals surface area contributed by atoms with Crippen molar-refractivity contribution in [3.63, 3.8) is 0 Å². The van der Waals surface area contributed by atoms with E-state index in [0.29, 0.717) is 26.3 Å². The standard InChI is InChI=1S/C26H19ClFN3O3S.CHN/c1-34-22-9-17(18(27)10-19(22)28)23-11-20-24(35-23)25(32)31(26(33)30(20)15-6-4-7-15)21-13-29-12-14-5-2-3-8-16(14)21;1-2/h2-3,5,8-13,15H,4,6-7H2,1H3;1H. The Morgan fingerprint density at radius 3 is 2.62 bits per heavy atom. The number of nitriles is 1. The lowest BCUT2D eigenvalue weighted by Crippen LogP contribution is -2.41. The summed E-state index contributed by atoms with van der Waals surface area (Å²) in [5.41, 5.74) is 0.743.